The maximum absolute atomic E-state index is 9.17. The van der Waals surface area contributed by atoms with Crippen LogP contribution in [0.1, 0.15) is 11.1 Å². The summed E-state index contributed by atoms with van der Waals surface area (Å²) >= 11 is 0. The minimum atomic E-state index is 0.149. The first-order chi connectivity index (χ1) is 8.72. The molecule has 0 aromatic heterocycles. The van der Waals surface area contributed by atoms with Gasteiger partial charge in [-0.3, -0.25) is 0 Å². The lowest BCUT2D eigenvalue weighted by Crippen LogP contribution is -2.31. The molecule has 18 heavy (non-hydrogen) atoms. The SMILES string of the molecule is CNCc1cc(C)ccc1N(CCO)CCOC. The van der Waals surface area contributed by atoms with Crippen LogP contribution < -0.4 is 10.2 Å². The predicted molar refractivity (Wildman–Crippen MR) is 75.1 cm³/mol. The fourth-order valence-corrected chi connectivity index (χ4v) is 2.03. The number of nitrogens with zero attached hydrogens (tertiary/aromatic N) is 1. The second-order valence-corrected chi connectivity index (χ2v) is 4.37. The highest BCUT2D eigenvalue weighted by atomic mass is 16.5. The van der Waals surface area contributed by atoms with E-state index in [0.29, 0.717) is 13.2 Å². The van der Waals surface area contributed by atoms with Crippen LogP contribution in [0, 0.1) is 6.92 Å². The first kappa shape index (κ1) is 15.0. The van der Waals surface area contributed by atoms with Crippen molar-refractivity contribution in [3.8, 4) is 0 Å². The topological polar surface area (TPSA) is 44.7 Å². The van der Waals surface area contributed by atoms with Gasteiger partial charge in [0.1, 0.15) is 0 Å². The number of hydrogen-bond donors (Lipinski definition) is 2. The van der Waals surface area contributed by atoms with E-state index in [4.69, 9.17) is 4.74 Å². The maximum Gasteiger partial charge on any atom is 0.0637 e. The summed E-state index contributed by atoms with van der Waals surface area (Å²) in [5.74, 6) is 0. The number of aryl methyl sites for hydroxylation is 1. The molecule has 0 radical (unpaired) electrons. The minimum absolute atomic E-state index is 0.149. The first-order valence-corrected chi connectivity index (χ1v) is 6.31. The van der Waals surface area contributed by atoms with Crippen LogP contribution in [-0.4, -0.2) is 45.6 Å². The summed E-state index contributed by atoms with van der Waals surface area (Å²) in [4.78, 5) is 2.16. The van der Waals surface area contributed by atoms with E-state index in [0.717, 1.165) is 13.1 Å². The van der Waals surface area contributed by atoms with Crippen molar-refractivity contribution in [2.75, 3.05) is 45.4 Å². The van der Waals surface area contributed by atoms with Gasteiger partial charge in [0.05, 0.1) is 13.2 Å². The molecule has 4 heteroatoms. The van der Waals surface area contributed by atoms with Crippen LogP contribution >= 0.6 is 0 Å². The fraction of sp³-hybridized carbons (Fsp3) is 0.571. The molecule has 0 saturated carbocycles. The van der Waals surface area contributed by atoms with Crippen molar-refractivity contribution in [3.63, 3.8) is 0 Å². The molecule has 0 amide bonds. The maximum atomic E-state index is 9.17. The average molecular weight is 252 g/mol. The largest absolute Gasteiger partial charge is 0.395 e. The van der Waals surface area contributed by atoms with E-state index in [1.165, 1.54) is 16.8 Å². The van der Waals surface area contributed by atoms with Crippen LogP contribution in [-0.2, 0) is 11.3 Å². The number of benzene rings is 1. The van der Waals surface area contributed by atoms with Crippen LogP contribution in [0.25, 0.3) is 0 Å². The van der Waals surface area contributed by atoms with E-state index >= 15 is 0 Å². The molecule has 0 spiro atoms. The van der Waals surface area contributed by atoms with Crippen molar-refractivity contribution in [3.05, 3.63) is 29.3 Å². The normalized spacial score (nSPS) is 10.7. The summed E-state index contributed by atoms with van der Waals surface area (Å²) < 4.78 is 5.12. The molecule has 0 aliphatic carbocycles. The number of hydrogen-bond acceptors (Lipinski definition) is 4. The average Bonchev–Trinajstić information content (AvgIpc) is 2.36. The monoisotopic (exact) mass is 252 g/mol. The molecule has 0 heterocycles. The van der Waals surface area contributed by atoms with E-state index in [2.05, 4.69) is 35.3 Å². The first-order valence-electron chi connectivity index (χ1n) is 6.31. The number of aliphatic hydroxyl groups excluding tert-OH is 1. The molecule has 0 aliphatic heterocycles. The van der Waals surface area contributed by atoms with Crippen LogP contribution in [0.2, 0.25) is 0 Å². The molecule has 2 N–H and O–H groups in total. The van der Waals surface area contributed by atoms with Crippen LogP contribution in [0.3, 0.4) is 0 Å². The Labute approximate surface area is 110 Å². The summed E-state index contributed by atoms with van der Waals surface area (Å²) in [6, 6.07) is 6.40. The van der Waals surface area contributed by atoms with Gasteiger partial charge in [-0.2, -0.15) is 0 Å². The lowest BCUT2D eigenvalue weighted by molar-refractivity contribution is 0.203. The van der Waals surface area contributed by atoms with E-state index in [1.807, 2.05) is 7.05 Å². The summed E-state index contributed by atoms with van der Waals surface area (Å²) in [6.07, 6.45) is 0. The molecule has 1 aromatic rings. The van der Waals surface area contributed by atoms with E-state index in [-0.39, 0.29) is 6.61 Å². The van der Waals surface area contributed by atoms with Gasteiger partial charge in [-0.25, -0.2) is 0 Å². The molecular weight excluding hydrogens is 228 g/mol. The quantitative estimate of drug-likeness (QED) is 0.729. The third-order valence-electron chi connectivity index (χ3n) is 2.88. The van der Waals surface area contributed by atoms with Gasteiger partial charge in [-0.1, -0.05) is 17.7 Å². The highest BCUT2D eigenvalue weighted by Gasteiger charge is 2.10. The Balaban J connectivity index is 2.93. The predicted octanol–water partition coefficient (Wildman–Crippen LogP) is 1.16. The van der Waals surface area contributed by atoms with Gasteiger partial charge in [0.25, 0.3) is 0 Å². The van der Waals surface area contributed by atoms with Crippen LogP contribution in [0.15, 0.2) is 18.2 Å². The van der Waals surface area contributed by atoms with E-state index in [1.54, 1.807) is 7.11 Å². The zero-order valence-electron chi connectivity index (χ0n) is 11.6. The number of nitrogens with one attached hydrogen (secondary N) is 1. The molecule has 0 saturated heterocycles. The van der Waals surface area contributed by atoms with Gasteiger partial charge in [-0.15, -0.1) is 0 Å². The number of rotatable bonds is 8. The van der Waals surface area contributed by atoms with E-state index in [9.17, 15) is 5.11 Å². The van der Waals surface area contributed by atoms with Crippen molar-refractivity contribution in [2.24, 2.45) is 0 Å². The van der Waals surface area contributed by atoms with Gasteiger partial charge in [-0.05, 0) is 25.6 Å². The van der Waals surface area contributed by atoms with Crippen LogP contribution in [0.5, 0.6) is 0 Å². The van der Waals surface area contributed by atoms with Crippen LogP contribution in [0.4, 0.5) is 5.69 Å². The summed E-state index contributed by atoms with van der Waals surface area (Å²) in [6.45, 7) is 5.14. The Bertz CT molecular complexity index is 356. The zero-order valence-corrected chi connectivity index (χ0v) is 11.6. The lowest BCUT2D eigenvalue weighted by Gasteiger charge is -2.26. The van der Waals surface area contributed by atoms with Crippen molar-refractivity contribution in [1.82, 2.24) is 5.32 Å². The van der Waals surface area contributed by atoms with Crippen molar-refractivity contribution in [1.29, 1.82) is 0 Å². The van der Waals surface area contributed by atoms with Crippen molar-refractivity contribution in [2.45, 2.75) is 13.5 Å². The molecule has 1 rings (SSSR count). The summed E-state index contributed by atoms with van der Waals surface area (Å²) in [7, 11) is 3.64. The Morgan fingerprint density at radius 3 is 2.72 bits per heavy atom. The Morgan fingerprint density at radius 2 is 2.11 bits per heavy atom. The second-order valence-electron chi connectivity index (χ2n) is 4.37. The van der Waals surface area contributed by atoms with Gasteiger partial charge in [0, 0.05) is 32.4 Å². The fourth-order valence-electron chi connectivity index (χ4n) is 2.03. The molecule has 102 valence electrons. The molecule has 1 aromatic carbocycles. The summed E-state index contributed by atoms with van der Waals surface area (Å²) in [5, 5.41) is 12.4. The van der Waals surface area contributed by atoms with Crippen molar-refractivity contribution < 1.29 is 9.84 Å². The van der Waals surface area contributed by atoms with Crippen molar-refractivity contribution >= 4 is 5.69 Å². The van der Waals surface area contributed by atoms with Gasteiger partial charge in [0.15, 0.2) is 0 Å². The Kier molecular flexibility index (Phi) is 6.72. The van der Waals surface area contributed by atoms with Gasteiger partial charge < -0.3 is 20.1 Å². The number of ether oxygens (including phenoxy) is 1. The molecule has 0 atom stereocenters. The zero-order chi connectivity index (χ0) is 13.4. The molecular formula is C14H24N2O2. The third-order valence-corrected chi connectivity index (χ3v) is 2.88. The molecule has 0 fully saturated rings. The molecule has 0 bridgehead atoms. The number of methoxy groups -OCH3 is 1. The number of aliphatic hydroxyl groups is 1. The van der Waals surface area contributed by atoms with Gasteiger partial charge in [0.2, 0.25) is 0 Å². The second kappa shape index (κ2) is 8.08. The smallest absolute Gasteiger partial charge is 0.0637 e. The third kappa shape index (κ3) is 4.29. The molecule has 0 unspecified atom stereocenters. The Morgan fingerprint density at radius 1 is 1.33 bits per heavy atom. The highest BCUT2D eigenvalue weighted by Crippen LogP contribution is 2.21. The minimum Gasteiger partial charge on any atom is -0.395 e. The Hall–Kier alpha value is -1.10. The number of anilines is 1. The summed E-state index contributed by atoms with van der Waals surface area (Å²) in [5.41, 5.74) is 3.67. The molecule has 0 aliphatic rings. The standard InChI is InChI=1S/C14H24N2O2/c1-12-4-5-14(13(10-12)11-15-2)16(6-8-17)7-9-18-3/h4-5,10,15,17H,6-9,11H2,1-3H3. The highest BCUT2D eigenvalue weighted by molar-refractivity contribution is 5.55. The molecule has 4 nitrogen and oxygen atoms in total. The lowest BCUT2D eigenvalue weighted by atomic mass is 10.1. The van der Waals surface area contributed by atoms with E-state index < -0.39 is 0 Å². The van der Waals surface area contributed by atoms with Gasteiger partial charge >= 0.3 is 0 Å².